The van der Waals surface area contributed by atoms with Crippen molar-refractivity contribution in [2.45, 2.75) is 43.7 Å². The molecule has 2 heterocycles. The van der Waals surface area contributed by atoms with Gasteiger partial charge in [0.25, 0.3) is 0 Å². The molecule has 8 nitrogen and oxygen atoms in total. The van der Waals surface area contributed by atoms with Crippen molar-refractivity contribution in [2.75, 3.05) is 6.54 Å². The summed E-state index contributed by atoms with van der Waals surface area (Å²) in [7, 11) is -3.95. The number of sulfonamides is 1. The largest absolute Gasteiger partial charge is 0.355 e. The molecule has 0 saturated carbocycles. The number of nitrogens with one attached hydrogen (secondary N) is 1. The van der Waals surface area contributed by atoms with E-state index in [1.807, 2.05) is 0 Å². The third kappa shape index (κ3) is 4.85. The van der Waals surface area contributed by atoms with Gasteiger partial charge in [-0.15, -0.1) is 0 Å². The number of hydrogen-bond acceptors (Lipinski definition) is 6. The summed E-state index contributed by atoms with van der Waals surface area (Å²) < 4.78 is 33.4. The molecule has 1 atom stereocenters. The molecule has 1 aromatic heterocycles. The second kappa shape index (κ2) is 9.40. The van der Waals surface area contributed by atoms with Crippen molar-refractivity contribution in [3.05, 3.63) is 65.0 Å². The number of hydrogen-bond donors (Lipinski definition) is 1. The summed E-state index contributed by atoms with van der Waals surface area (Å²) in [5.74, 6) is 0.644. The van der Waals surface area contributed by atoms with Gasteiger partial charge in [0.2, 0.25) is 27.6 Å². The number of carbonyl (C=O) groups excluding carboxylic acids is 1. The Hall–Kier alpha value is -2.75. The van der Waals surface area contributed by atoms with E-state index in [1.54, 1.807) is 31.2 Å². The van der Waals surface area contributed by atoms with Crippen LogP contribution in [-0.2, 0) is 21.4 Å². The summed E-state index contributed by atoms with van der Waals surface area (Å²) in [5, 5.41) is 7.17. The molecule has 2 aromatic carbocycles. The molecule has 168 valence electrons. The van der Waals surface area contributed by atoms with Gasteiger partial charge in [0.1, 0.15) is 6.04 Å². The molecule has 4 rings (SSSR count). The number of nitrogens with zero attached hydrogens (tertiary/aromatic N) is 3. The Morgan fingerprint density at radius 1 is 1.12 bits per heavy atom. The van der Waals surface area contributed by atoms with Crippen molar-refractivity contribution in [3.8, 4) is 11.4 Å². The summed E-state index contributed by atoms with van der Waals surface area (Å²) in [4.78, 5) is 17.1. The molecule has 1 saturated heterocycles. The summed E-state index contributed by atoms with van der Waals surface area (Å²) in [6.45, 7) is 2.31. The van der Waals surface area contributed by atoms with Gasteiger partial charge < -0.3 is 9.84 Å². The monoisotopic (exact) mass is 474 g/mol. The number of aryl methyl sites for hydroxylation is 1. The Labute approximate surface area is 191 Å². The van der Waals surface area contributed by atoms with Crippen LogP contribution in [0.1, 0.15) is 30.7 Å². The van der Waals surface area contributed by atoms with E-state index in [9.17, 15) is 13.2 Å². The number of halogens is 1. The van der Waals surface area contributed by atoms with Crippen molar-refractivity contribution < 1.29 is 17.7 Å². The van der Waals surface area contributed by atoms with Gasteiger partial charge in [-0.25, -0.2) is 8.42 Å². The fourth-order valence-electron chi connectivity index (χ4n) is 3.66. The predicted molar refractivity (Wildman–Crippen MR) is 119 cm³/mol. The summed E-state index contributed by atoms with van der Waals surface area (Å²) in [5.41, 5.74) is 1.49. The fourth-order valence-corrected chi connectivity index (χ4v) is 5.39. The second-order valence-electron chi connectivity index (χ2n) is 7.64. The third-order valence-electron chi connectivity index (χ3n) is 5.35. The van der Waals surface area contributed by atoms with E-state index in [0.717, 1.165) is 24.0 Å². The van der Waals surface area contributed by atoms with E-state index in [1.165, 1.54) is 28.6 Å². The fraction of sp³-hybridized carbons (Fsp3) is 0.318. The summed E-state index contributed by atoms with van der Waals surface area (Å²) in [6, 6.07) is 12.4. The summed E-state index contributed by atoms with van der Waals surface area (Å²) in [6.07, 6.45) is 2.03. The minimum atomic E-state index is -3.95. The highest BCUT2D eigenvalue weighted by Gasteiger charge is 2.36. The van der Waals surface area contributed by atoms with Crippen LogP contribution in [-0.4, -0.2) is 41.4 Å². The van der Waals surface area contributed by atoms with Crippen LogP contribution in [0.15, 0.2) is 57.9 Å². The number of aromatic nitrogens is 2. The van der Waals surface area contributed by atoms with Crippen LogP contribution in [0.25, 0.3) is 11.4 Å². The SMILES string of the molecule is Cc1nc(-c2ccc(CN(C3CCCCNC3=O)S(=O)(=O)c3ccc(Cl)cc3)cc2)no1. The standard InChI is InChI=1S/C22H23ClN4O4S/c1-15-25-21(26-31-15)17-7-5-16(6-8-17)14-27(20-4-2-3-13-24-22(20)28)32(29,30)19-11-9-18(23)10-12-19/h5-12,20H,2-4,13-14H2,1H3,(H,24,28). The van der Waals surface area contributed by atoms with E-state index in [0.29, 0.717) is 29.7 Å². The molecule has 0 aliphatic carbocycles. The van der Waals surface area contributed by atoms with Gasteiger partial charge in [-0.2, -0.15) is 9.29 Å². The van der Waals surface area contributed by atoms with Crippen molar-refractivity contribution in [1.29, 1.82) is 0 Å². The lowest BCUT2D eigenvalue weighted by Gasteiger charge is -2.29. The van der Waals surface area contributed by atoms with Crippen LogP contribution in [0.3, 0.4) is 0 Å². The Kier molecular flexibility index (Phi) is 6.59. The molecule has 1 fully saturated rings. The number of carbonyl (C=O) groups is 1. The quantitative estimate of drug-likeness (QED) is 0.585. The second-order valence-corrected chi connectivity index (χ2v) is 9.97. The lowest BCUT2D eigenvalue weighted by molar-refractivity contribution is -0.124. The zero-order valence-corrected chi connectivity index (χ0v) is 19.1. The van der Waals surface area contributed by atoms with Gasteiger partial charge in [-0.1, -0.05) is 41.0 Å². The van der Waals surface area contributed by atoms with Crippen LogP contribution in [0, 0.1) is 6.92 Å². The van der Waals surface area contributed by atoms with Crippen molar-refractivity contribution in [2.24, 2.45) is 0 Å². The molecule has 10 heteroatoms. The highest BCUT2D eigenvalue weighted by Crippen LogP contribution is 2.26. The van der Waals surface area contributed by atoms with Gasteiger partial charge in [0, 0.05) is 30.6 Å². The molecule has 1 amide bonds. The predicted octanol–water partition coefficient (Wildman–Crippen LogP) is 3.56. The van der Waals surface area contributed by atoms with Gasteiger partial charge in [0.05, 0.1) is 4.90 Å². The smallest absolute Gasteiger partial charge is 0.244 e. The molecule has 0 spiro atoms. The normalized spacial score (nSPS) is 17.2. The van der Waals surface area contributed by atoms with Gasteiger partial charge in [-0.3, -0.25) is 4.79 Å². The third-order valence-corrected chi connectivity index (χ3v) is 7.47. The molecule has 1 aliphatic rings. The van der Waals surface area contributed by atoms with Crippen LogP contribution >= 0.6 is 11.6 Å². The van der Waals surface area contributed by atoms with Crippen LogP contribution in [0.4, 0.5) is 0 Å². The topological polar surface area (TPSA) is 105 Å². The maximum absolute atomic E-state index is 13.6. The van der Waals surface area contributed by atoms with Crippen molar-refractivity contribution >= 4 is 27.5 Å². The van der Waals surface area contributed by atoms with Crippen LogP contribution in [0.2, 0.25) is 5.02 Å². The van der Waals surface area contributed by atoms with Crippen molar-refractivity contribution in [3.63, 3.8) is 0 Å². The highest BCUT2D eigenvalue weighted by molar-refractivity contribution is 7.89. The first-order valence-corrected chi connectivity index (χ1v) is 12.1. The number of rotatable bonds is 6. The minimum absolute atomic E-state index is 0.0502. The Bertz CT molecular complexity index is 1190. The number of amides is 1. The van der Waals surface area contributed by atoms with E-state index < -0.39 is 16.1 Å². The van der Waals surface area contributed by atoms with Crippen molar-refractivity contribution in [1.82, 2.24) is 19.8 Å². The van der Waals surface area contributed by atoms with Crippen LogP contribution in [0.5, 0.6) is 0 Å². The van der Waals surface area contributed by atoms with E-state index >= 15 is 0 Å². The maximum atomic E-state index is 13.6. The molecule has 1 N–H and O–H groups in total. The molecule has 0 bridgehead atoms. The average molecular weight is 475 g/mol. The Morgan fingerprint density at radius 3 is 2.50 bits per heavy atom. The Morgan fingerprint density at radius 2 is 1.84 bits per heavy atom. The first-order valence-electron chi connectivity index (χ1n) is 10.3. The lowest BCUT2D eigenvalue weighted by atomic mass is 10.1. The molecule has 32 heavy (non-hydrogen) atoms. The summed E-state index contributed by atoms with van der Waals surface area (Å²) >= 11 is 5.94. The zero-order valence-electron chi connectivity index (χ0n) is 17.5. The van der Waals surface area contributed by atoms with Gasteiger partial charge in [-0.05, 0) is 49.1 Å². The van der Waals surface area contributed by atoms with Gasteiger partial charge in [0.15, 0.2) is 0 Å². The van der Waals surface area contributed by atoms with E-state index in [4.69, 9.17) is 16.1 Å². The van der Waals surface area contributed by atoms with E-state index in [-0.39, 0.29) is 17.3 Å². The molecular weight excluding hydrogens is 452 g/mol. The first-order chi connectivity index (χ1) is 15.3. The zero-order chi connectivity index (χ0) is 22.7. The van der Waals surface area contributed by atoms with E-state index in [2.05, 4.69) is 15.5 Å². The van der Waals surface area contributed by atoms with Gasteiger partial charge >= 0.3 is 0 Å². The molecule has 1 aliphatic heterocycles. The molecule has 0 radical (unpaired) electrons. The lowest BCUT2D eigenvalue weighted by Crippen LogP contribution is -2.48. The maximum Gasteiger partial charge on any atom is 0.244 e. The molecule has 3 aromatic rings. The molecular formula is C22H23ClN4O4S. The van der Waals surface area contributed by atoms with Crippen LogP contribution < -0.4 is 5.32 Å². The average Bonchev–Trinajstić information content (AvgIpc) is 3.10. The molecule has 1 unspecified atom stereocenters. The number of benzene rings is 2. The Balaban J connectivity index is 1.67. The minimum Gasteiger partial charge on any atom is -0.355 e. The highest BCUT2D eigenvalue weighted by atomic mass is 35.5. The first kappa shape index (κ1) is 22.4.